The summed E-state index contributed by atoms with van der Waals surface area (Å²) in [6, 6.07) is 11.9. The summed E-state index contributed by atoms with van der Waals surface area (Å²) in [7, 11) is 0. The summed E-state index contributed by atoms with van der Waals surface area (Å²) in [5, 5.41) is 6.17. The Bertz CT molecular complexity index is 714. The first-order valence-corrected chi connectivity index (χ1v) is 7.55. The van der Waals surface area contributed by atoms with E-state index in [0.29, 0.717) is 28.5 Å². The predicted molar refractivity (Wildman–Crippen MR) is 92.9 cm³/mol. The largest absolute Gasteiger partial charge is 0.330 e. The molecule has 0 aliphatic heterocycles. The monoisotopic (exact) mass is 331 g/mol. The topological polar surface area (TPSA) is 84.2 Å². The van der Waals surface area contributed by atoms with E-state index in [2.05, 4.69) is 10.6 Å². The fourth-order valence-electron chi connectivity index (χ4n) is 2.03. The van der Waals surface area contributed by atoms with Gasteiger partial charge in [-0.2, -0.15) is 0 Å². The lowest BCUT2D eigenvalue weighted by Crippen LogP contribution is -2.16. The molecule has 0 saturated heterocycles. The Morgan fingerprint density at radius 2 is 1.78 bits per heavy atom. The Kier molecular flexibility index (Phi) is 5.73. The van der Waals surface area contributed by atoms with E-state index in [0.717, 1.165) is 5.56 Å². The summed E-state index contributed by atoms with van der Waals surface area (Å²) in [4.78, 5) is 23.7. The van der Waals surface area contributed by atoms with Gasteiger partial charge < -0.3 is 16.4 Å². The van der Waals surface area contributed by atoms with E-state index >= 15 is 0 Å². The second-order valence-corrected chi connectivity index (χ2v) is 5.51. The summed E-state index contributed by atoms with van der Waals surface area (Å²) in [6.45, 7) is 2.16. The van der Waals surface area contributed by atoms with Crippen LogP contribution in [0, 0.1) is 6.92 Å². The SMILES string of the molecule is Cc1cc(NC(=O)CCN)ccc1NC(=O)c1ccc(Cl)cc1. The van der Waals surface area contributed by atoms with Crippen molar-refractivity contribution in [3.8, 4) is 0 Å². The van der Waals surface area contributed by atoms with Gasteiger partial charge in [0.25, 0.3) is 5.91 Å². The normalized spacial score (nSPS) is 10.2. The maximum Gasteiger partial charge on any atom is 0.255 e. The summed E-state index contributed by atoms with van der Waals surface area (Å²) in [5.41, 5.74) is 8.06. The first kappa shape index (κ1) is 17.0. The van der Waals surface area contributed by atoms with Gasteiger partial charge in [0, 0.05) is 34.9 Å². The van der Waals surface area contributed by atoms with Crippen LogP contribution in [0.4, 0.5) is 11.4 Å². The Hall–Kier alpha value is -2.37. The van der Waals surface area contributed by atoms with Crippen molar-refractivity contribution < 1.29 is 9.59 Å². The lowest BCUT2D eigenvalue weighted by molar-refractivity contribution is -0.116. The van der Waals surface area contributed by atoms with E-state index in [1.165, 1.54) is 0 Å². The minimum Gasteiger partial charge on any atom is -0.330 e. The second-order valence-electron chi connectivity index (χ2n) is 5.08. The van der Waals surface area contributed by atoms with Crippen molar-refractivity contribution in [2.75, 3.05) is 17.2 Å². The minimum absolute atomic E-state index is 0.134. The van der Waals surface area contributed by atoms with Gasteiger partial charge in [0.1, 0.15) is 0 Å². The molecule has 0 aromatic heterocycles. The van der Waals surface area contributed by atoms with Crippen LogP contribution >= 0.6 is 11.6 Å². The molecule has 5 nitrogen and oxygen atoms in total. The zero-order valence-corrected chi connectivity index (χ0v) is 13.5. The van der Waals surface area contributed by atoms with Crippen molar-refractivity contribution in [2.45, 2.75) is 13.3 Å². The first-order valence-electron chi connectivity index (χ1n) is 7.17. The smallest absolute Gasteiger partial charge is 0.255 e. The standard InChI is InChI=1S/C17H18ClN3O2/c1-11-10-14(20-16(22)8-9-19)6-7-15(11)21-17(23)12-2-4-13(18)5-3-12/h2-7,10H,8-9,19H2,1H3,(H,20,22)(H,21,23). The average molecular weight is 332 g/mol. The maximum absolute atomic E-state index is 12.2. The minimum atomic E-state index is -0.218. The van der Waals surface area contributed by atoms with E-state index in [9.17, 15) is 9.59 Å². The van der Waals surface area contributed by atoms with Crippen molar-refractivity contribution in [3.63, 3.8) is 0 Å². The molecule has 0 radical (unpaired) electrons. The van der Waals surface area contributed by atoms with Crippen LogP contribution in [0.2, 0.25) is 5.02 Å². The molecule has 0 saturated carbocycles. The van der Waals surface area contributed by atoms with Crippen molar-refractivity contribution in [1.29, 1.82) is 0 Å². The molecule has 0 aliphatic carbocycles. The number of carbonyl (C=O) groups excluding carboxylic acids is 2. The highest BCUT2D eigenvalue weighted by atomic mass is 35.5. The van der Waals surface area contributed by atoms with Gasteiger partial charge in [-0.05, 0) is 55.0 Å². The van der Waals surface area contributed by atoms with E-state index in [1.54, 1.807) is 42.5 Å². The molecule has 6 heteroatoms. The molecule has 2 amide bonds. The van der Waals surface area contributed by atoms with E-state index in [4.69, 9.17) is 17.3 Å². The van der Waals surface area contributed by atoms with E-state index in [1.807, 2.05) is 6.92 Å². The highest BCUT2D eigenvalue weighted by Gasteiger charge is 2.09. The summed E-state index contributed by atoms with van der Waals surface area (Å²) >= 11 is 5.81. The van der Waals surface area contributed by atoms with Crippen molar-refractivity contribution in [1.82, 2.24) is 0 Å². The van der Waals surface area contributed by atoms with Crippen LogP contribution in [-0.2, 0) is 4.79 Å². The summed E-state index contributed by atoms with van der Waals surface area (Å²) in [5.74, 6) is -0.352. The van der Waals surface area contributed by atoms with Crippen LogP contribution in [0.1, 0.15) is 22.3 Å². The zero-order chi connectivity index (χ0) is 16.8. The Morgan fingerprint density at radius 3 is 2.39 bits per heavy atom. The molecule has 0 unspecified atom stereocenters. The molecule has 0 spiro atoms. The number of carbonyl (C=O) groups is 2. The lowest BCUT2D eigenvalue weighted by Gasteiger charge is -2.11. The molecular weight excluding hydrogens is 314 g/mol. The molecule has 0 atom stereocenters. The highest BCUT2D eigenvalue weighted by molar-refractivity contribution is 6.30. The third-order valence-corrected chi connectivity index (χ3v) is 3.49. The number of anilines is 2. The number of halogens is 1. The van der Waals surface area contributed by atoms with Gasteiger partial charge in [-0.1, -0.05) is 11.6 Å². The van der Waals surface area contributed by atoms with Crippen molar-refractivity contribution >= 4 is 34.8 Å². The number of hydrogen-bond acceptors (Lipinski definition) is 3. The number of amides is 2. The Labute approximate surface area is 139 Å². The molecule has 4 N–H and O–H groups in total. The fraction of sp³-hybridized carbons (Fsp3) is 0.176. The average Bonchev–Trinajstić information content (AvgIpc) is 2.51. The number of benzene rings is 2. The predicted octanol–water partition coefficient (Wildman–Crippen LogP) is 3.19. The maximum atomic E-state index is 12.2. The van der Waals surface area contributed by atoms with Crippen LogP contribution in [0.15, 0.2) is 42.5 Å². The number of hydrogen-bond donors (Lipinski definition) is 3. The Morgan fingerprint density at radius 1 is 1.09 bits per heavy atom. The molecule has 120 valence electrons. The molecule has 0 aliphatic rings. The van der Waals surface area contributed by atoms with E-state index in [-0.39, 0.29) is 18.2 Å². The van der Waals surface area contributed by atoms with Crippen LogP contribution in [0.25, 0.3) is 0 Å². The van der Waals surface area contributed by atoms with Gasteiger partial charge in [-0.25, -0.2) is 0 Å². The molecular formula is C17H18ClN3O2. The van der Waals surface area contributed by atoms with Gasteiger partial charge in [0.2, 0.25) is 5.91 Å². The Balaban J connectivity index is 2.07. The van der Waals surface area contributed by atoms with Crippen LogP contribution in [0.5, 0.6) is 0 Å². The van der Waals surface area contributed by atoms with Gasteiger partial charge in [0.15, 0.2) is 0 Å². The van der Waals surface area contributed by atoms with E-state index < -0.39 is 0 Å². The molecule has 2 aromatic carbocycles. The first-order chi connectivity index (χ1) is 11.0. The molecule has 2 aromatic rings. The number of rotatable bonds is 5. The molecule has 0 heterocycles. The van der Waals surface area contributed by atoms with Gasteiger partial charge in [0.05, 0.1) is 0 Å². The fourth-order valence-corrected chi connectivity index (χ4v) is 2.16. The third kappa shape index (κ3) is 4.81. The van der Waals surface area contributed by atoms with Crippen LogP contribution < -0.4 is 16.4 Å². The molecule has 23 heavy (non-hydrogen) atoms. The quantitative estimate of drug-likeness (QED) is 0.786. The van der Waals surface area contributed by atoms with Crippen molar-refractivity contribution in [3.05, 3.63) is 58.6 Å². The van der Waals surface area contributed by atoms with Crippen molar-refractivity contribution in [2.24, 2.45) is 5.73 Å². The molecule has 0 fully saturated rings. The number of nitrogens with one attached hydrogen (secondary N) is 2. The third-order valence-electron chi connectivity index (χ3n) is 3.24. The van der Waals surface area contributed by atoms with Gasteiger partial charge in [-0.3, -0.25) is 9.59 Å². The summed E-state index contributed by atoms with van der Waals surface area (Å²) < 4.78 is 0. The zero-order valence-electron chi connectivity index (χ0n) is 12.7. The van der Waals surface area contributed by atoms with Gasteiger partial charge >= 0.3 is 0 Å². The van der Waals surface area contributed by atoms with Crippen LogP contribution in [-0.4, -0.2) is 18.4 Å². The molecule has 0 bridgehead atoms. The number of aryl methyl sites for hydroxylation is 1. The van der Waals surface area contributed by atoms with Crippen LogP contribution in [0.3, 0.4) is 0 Å². The number of nitrogens with two attached hydrogens (primary N) is 1. The van der Waals surface area contributed by atoms with Gasteiger partial charge in [-0.15, -0.1) is 0 Å². The molecule has 2 rings (SSSR count). The lowest BCUT2D eigenvalue weighted by atomic mass is 10.1. The highest BCUT2D eigenvalue weighted by Crippen LogP contribution is 2.21. The summed E-state index contributed by atoms with van der Waals surface area (Å²) in [6.07, 6.45) is 0.272. The second kappa shape index (κ2) is 7.76.